The molecule has 0 spiro atoms. The standard InChI is InChI=1S/C32H38F2N6O2/c1-5-22-25(33)10-9-19-14-21(41)16-23(27(19)22)29-28(34)30-24(17-36-29)31(40-11-7-6-8-12-40)39-32(38-30)37-20(13-18(2)3)15-26(42)35-4/h9-10,14,16-18,20,41H,5-8,11-13,15H2,1-4H3,(H,35,42)(H,37,38,39)/t20-/m0/s1. The van der Waals surface area contributed by atoms with Gasteiger partial charge in [-0.25, -0.2) is 13.8 Å². The minimum atomic E-state index is -0.680. The van der Waals surface area contributed by atoms with E-state index in [0.29, 0.717) is 51.9 Å². The molecule has 2 aromatic carbocycles. The molecular weight excluding hydrogens is 538 g/mol. The molecule has 0 radical (unpaired) electrons. The molecule has 0 aliphatic carbocycles. The Bertz CT molecular complexity index is 1620. The summed E-state index contributed by atoms with van der Waals surface area (Å²) in [7, 11) is 1.60. The number of pyridine rings is 1. The van der Waals surface area contributed by atoms with E-state index in [1.165, 1.54) is 18.2 Å². The van der Waals surface area contributed by atoms with E-state index in [9.17, 15) is 14.3 Å². The van der Waals surface area contributed by atoms with Crippen LogP contribution in [0, 0.1) is 17.6 Å². The monoisotopic (exact) mass is 576 g/mol. The fourth-order valence-electron chi connectivity index (χ4n) is 5.94. The van der Waals surface area contributed by atoms with Crippen molar-refractivity contribution in [3.05, 3.63) is 47.7 Å². The molecule has 0 saturated carbocycles. The van der Waals surface area contributed by atoms with E-state index in [4.69, 9.17) is 4.98 Å². The number of aromatic hydroxyl groups is 1. The maximum absolute atomic E-state index is 16.7. The Morgan fingerprint density at radius 3 is 2.57 bits per heavy atom. The van der Waals surface area contributed by atoms with Crippen LogP contribution >= 0.6 is 0 Å². The van der Waals surface area contributed by atoms with Gasteiger partial charge < -0.3 is 20.6 Å². The van der Waals surface area contributed by atoms with E-state index in [0.717, 1.165) is 32.4 Å². The van der Waals surface area contributed by atoms with Crippen LogP contribution in [0.2, 0.25) is 0 Å². The van der Waals surface area contributed by atoms with Gasteiger partial charge in [0.05, 0.1) is 5.39 Å². The van der Waals surface area contributed by atoms with Gasteiger partial charge in [-0.2, -0.15) is 4.98 Å². The lowest BCUT2D eigenvalue weighted by atomic mass is 9.94. The second kappa shape index (κ2) is 12.4. The van der Waals surface area contributed by atoms with Gasteiger partial charge in [-0.3, -0.25) is 9.78 Å². The Morgan fingerprint density at radius 2 is 1.88 bits per heavy atom. The number of aryl methyl sites for hydroxylation is 1. The summed E-state index contributed by atoms with van der Waals surface area (Å²) < 4.78 is 31.5. The van der Waals surface area contributed by atoms with Gasteiger partial charge in [0.15, 0.2) is 5.82 Å². The van der Waals surface area contributed by atoms with E-state index >= 15 is 4.39 Å². The van der Waals surface area contributed by atoms with Gasteiger partial charge in [-0.15, -0.1) is 0 Å². The molecule has 4 aromatic rings. The Kier molecular flexibility index (Phi) is 8.70. The van der Waals surface area contributed by atoms with Crippen molar-refractivity contribution in [2.24, 2.45) is 5.92 Å². The lowest BCUT2D eigenvalue weighted by Gasteiger charge is -2.29. The Labute approximate surface area is 244 Å². The third kappa shape index (κ3) is 5.93. The van der Waals surface area contributed by atoms with Crippen LogP contribution in [0.4, 0.5) is 20.5 Å². The number of benzene rings is 2. The van der Waals surface area contributed by atoms with Crippen molar-refractivity contribution >= 4 is 39.3 Å². The van der Waals surface area contributed by atoms with E-state index < -0.39 is 11.6 Å². The topological polar surface area (TPSA) is 103 Å². The summed E-state index contributed by atoms with van der Waals surface area (Å²) in [5, 5.41) is 18.1. The highest BCUT2D eigenvalue weighted by molar-refractivity contribution is 6.02. The maximum Gasteiger partial charge on any atom is 0.225 e. The summed E-state index contributed by atoms with van der Waals surface area (Å²) in [5.41, 5.74) is 0.772. The van der Waals surface area contributed by atoms with Crippen LogP contribution in [0.1, 0.15) is 58.4 Å². The number of nitrogens with zero attached hydrogens (tertiary/aromatic N) is 4. The fourth-order valence-corrected chi connectivity index (χ4v) is 5.94. The van der Waals surface area contributed by atoms with E-state index in [1.807, 2.05) is 6.92 Å². The molecule has 42 heavy (non-hydrogen) atoms. The highest BCUT2D eigenvalue weighted by Crippen LogP contribution is 2.39. The summed E-state index contributed by atoms with van der Waals surface area (Å²) >= 11 is 0. The number of nitrogens with one attached hydrogen (secondary N) is 2. The second-order valence-electron chi connectivity index (χ2n) is 11.4. The first-order valence-corrected chi connectivity index (χ1v) is 14.7. The van der Waals surface area contributed by atoms with Gasteiger partial charge in [0.25, 0.3) is 0 Å². The SMILES string of the molecule is CCc1c(F)ccc2cc(O)cc(-c3ncc4c(N5CCCCC5)nc(N[C@H](CC(=O)NC)CC(C)C)nc4c3F)c12. The maximum atomic E-state index is 16.7. The molecule has 3 heterocycles. The van der Waals surface area contributed by atoms with Crippen molar-refractivity contribution in [2.75, 3.05) is 30.4 Å². The lowest BCUT2D eigenvalue weighted by Crippen LogP contribution is -2.32. The molecule has 222 valence electrons. The van der Waals surface area contributed by atoms with Crippen LogP contribution in [-0.4, -0.2) is 52.1 Å². The predicted octanol–water partition coefficient (Wildman–Crippen LogP) is 6.34. The van der Waals surface area contributed by atoms with Gasteiger partial charge in [0, 0.05) is 44.4 Å². The molecule has 1 atom stereocenters. The normalized spacial score (nSPS) is 14.5. The van der Waals surface area contributed by atoms with E-state index in [1.54, 1.807) is 19.3 Å². The van der Waals surface area contributed by atoms with Crippen molar-refractivity contribution in [3.63, 3.8) is 0 Å². The van der Waals surface area contributed by atoms with Crippen LogP contribution in [0.25, 0.3) is 32.9 Å². The third-order valence-electron chi connectivity index (χ3n) is 7.88. The van der Waals surface area contributed by atoms with Gasteiger partial charge >= 0.3 is 0 Å². The quantitative estimate of drug-likeness (QED) is 0.214. The number of carbonyl (C=O) groups excluding carboxylic acids is 1. The highest BCUT2D eigenvalue weighted by Gasteiger charge is 2.25. The van der Waals surface area contributed by atoms with Crippen LogP contribution in [0.3, 0.4) is 0 Å². The third-order valence-corrected chi connectivity index (χ3v) is 7.88. The fraction of sp³-hybridized carbons (Fsp3) is 0.438. The van der Waals surface area contributed by atoms with Gasteiger partial charge in [-0.05, 0) is 72.6 Å². The first-order valence-electron chi connectivity index (χ1n) is 14.7. The van der Waals surface area contributed by atoms with Crippen molar-refractivity contribution < 1.29 is 18.7 Å². The molecule has 1 aliphatic heterocycles. The van der Waals surface area contributed by atoms with Gasteiger partial charge in [-0.1, -0.05) is 26.8 Å². The van der Waals surface area contributed by atoms with Gasteiger partial charge in [0.2, 0.25) is 11.9 Å². The summed E-state index contributed by atoms with van der Waals surface area (Å²) in [6.07, 6.45) is 5.97. The molecule has 1 saturated heterocycles. The number of hydrogen-bond acceptors (Lipinski definition) is 7. The number of piperidine rings is 1. The molecule has 3 N–H and O–H groups in total. The van der Waals surface area contributed by atoms with Gasteiger partial charge in [0.1, 0.15) is 28.6 Å². The summed E-state index contributed by atoms with van der Waals surface area (Å²) in [5.74, 6) is -0.143. The van der Waals surface area contributed by atoms with Crippen molar-refractivity contribution in [3.8, 4) is 17.0 Å². The van der Waals surface area contributed by atoms with Crippen molar-refractivity contribution in [2.45, 2.75) is 65.3 Å². The van der Waals surface area contributed by atoms with Crippen LogP contribution in [-0.2, 0) is 11.2 Å². The molecule has 0 unspecified atom stereocenters. The lowest BCUT2D eigenvalue weighted by molar-refractivity contribution is -0.120. The summed E-state index contributed by atoms with van der Waals surface area (Å²) in [6.45, 7) is 7.53. The van der Waals surface area contributed by atoms with Crippen LogP contribution in [0.5, 0.6) is 5.75 Å². The zero-order valence-corrected chi connectivity index (χ0v) is 24.6. The molecular formula is C32H38F2N6O2. The minimum Gasteiger partial charge on any atom is -0.508 e. The Morgan fingerprint density at radius 1 is 1.12 bits per heavy atom. The molecule has 1 aliphatic rings. The number of phenols is 1. The largest absolute Gasteiger partial charge is 0.508 e. The highest BCUT2D eigenvalue weighted by atomic mass is 19.1. The second-order valence-corrected chi connectivity index (χ2v) is 11.4. The zero-order valence-electron chi connectivity index (χ0n) is 24.6. The van der Waals surface area contributed by atoms with Crippen molar-refractivity contribution in [1.29, 1.82) is 0 Å². The number of halogens is 2. The summed E-state index contributed by atoms with van der Waals surface area (Å²) in [4.78, 5) is 28.4. The Balaban J connectivity index is 1.71. The molecule has 1 amide bonds. The summed E-state index contributed by atoms with van der Waals surface area (Å²) in [6, 6.07) is 5.64. The zero-order chi connectivity index (χ0) is 30.0. The van der Waals surface area contributed by atoms with Crippen LogP contribution in [0.15, 0.2) is 30.5 Å². The minimum absolute atomic E-state index is 0.0259. The number of rotatable bonds is 9. The average molecular weight is 577 g/mol. The number of carbonyl (C=O) groups is 1. The first kappa shape index (κ1) is 29.4. The molecule has 10 heteroatoms. The number of aromatic nitrogens is 3. The smallest absolute Gasteiger partial charge is 0.225 e. The average Bonchev–Trinajstić information content (AvgIpc) is 2.97. The Hall–Kier alpha value is -4.08. The molecule has 2 aromatic heterocycles. The molecule has 5 rings (SSSR count). The number of phenolic OH excluding ortho intramolecular Hbond substituents is 1. The number of amides is 1. The van der Waals surface area contributed by atoms with Crippen molar-refractivity contribution in [1.82, 2.24) is 20.3 Å². The number of fused-ring (bicyclic) bond motifs is 2. The number of anilines is 2. The first-order chi connectivity index (χ1) is 20.2. The van der Waals surface area contributed by atoms with E-state index in [-0.39, 0.29) is 41.3 Å². The molecule has 1 fully saturated rings. The molecule has 8 nitrogen and oxygen atoms in total. The van der Waals surface area contributed by atoms with E-state index in [2.05, 4.69) is 39.3 Å². The molecule has 0 bridgehead atoms. The predicted molar refractivity (Wildman–Crippen MR) is 163 cm³/mol. The number of hydrogen-bond donors (Lipinski definition) is 3. The van der Waals surface area contributed by atoms with Crippen LogP contribution < -0.4 is 15.5 Å².